The van der Waals surface area contributed by atoms with E-state index in [1.54, 1.807) is 17.0 Å². The summed E-state index contributed by atoms with van der Waals surface area (Å²) in [7, 11) is 1.83. The summed E-state index contributed by atoms with van der Waals surface area (Å²) in [6.07, 6.45) is 0.949. The molecule has 0 radical (unpaired) electrons. The van der Waals surface area contributed by atoms with Crippen molar-refractivity contribution in [3.05, 3.63) is 48.0 Å². The van der Waals surface area contributed by atoms with Crippen molar-refractivity contribution in [3.8, 4) is 11.3 Å². The first-order chi connectivity index (χ1) is 12.5. The van der Waals surface area contributed by atoms with E-state index in [1.807, 2.05) is 42.3 Å². The number of nitrogens with zero attached hydrogens (tertiary/aromatic N) is 3. The lowest BCUT2D eigenvalue weighted by Crippen LogP contribution is -2.42. The number of likely N-dealkylation sites (tertiary alicyclic amines) is 1. The largest absolute Gasteiger partial charge is 0.478 e. The van der Waals surface area contributed by atoms with Gasteiger partial charge in [0.05, 0.1) is 11.6 Å². The van der Waals surface area contributed by atoms with Gasteiger partial charge < -0.3 is 14.9 Å². The monoisotopic (exact) mass is 351 g/mol. The Morgan fingerprint density at radius 2 is 1.92 bits per heavy atom. The molecule has 1 amide bonds. The maximum absolute atomic E-state index is 12.5. The van der Waals surface area contributed by atoms with Crippen LogP contribution in [-0.2, 0) is 4.79 Å². The van der Waals surface area contributed by atoms with Crippen molar-refractivity contribution in [2.24, 2.45) is 11.8 Å². The molecule has 2 aliphatic rings. The van der Waals surface area contributed by atoms with Crippen LogP contribution in [0.4, 0.5) is 5.82 Å². The van der Waals surface area contributed by atoms with Gasteiger partial charge in [-0.05, 0) is 24.5 Å². The molecule has 4 rings (SSSR count). The van der Waals surface area contributed by atoms with Crippen LogP contribution in [0.3, 0.4) is 0 Å². The van der Waals surface area contributed by atoms with E-state index in [9.17, 15) is 14.7 Å². The number of aromatic nitrogens is 1. The predicted molar refractivity (Wildman–Crippen MR) is 98.1 cm³/mol. The van der Waals surface area contributed by atoms with Crippen LogP contribution in [0.2, 0.25) is 0 Å². The maximum atomic E-state index is 12.5. The molecule has 2 atom stereocenters. The van der Waals surface area contributed by atoms with Crippen molar-refractivity contribution < 1.29 is 14.7 Å². The number of fused-ring (bicyclic) bond motifs is 1. The predicted octanol–water partition coefficient (Wildman–Crippen LogP) is 2.36. The normalized spacial score (nSPS) is 22.4. The molecule has 0 spiro atoms. The summed E-state index contributed by atoms with van der Waals surface area (Å²) in [5.74, 6) is -0.186. The Hall–Kier alpha value is -2.89. The smallest absolute Gasteiger partial charge is 0.339 e. The fraction of sp³-hybridized carbons (Fsp3) is 0.350. The third-order valence-corrected chi connectivity index (χ3v) is 5.44. The highest BCUT2D eigenvalue weighted by Gasteiger charge is 2.43. The van der Waals surface area contributed by atoms with Crippen LogP contribution in [0, 0.1) is 11.8 Å². The zero-order valence-corrected chi connectivity index (χ0v) is 14.6. The molecule has 1 aromatic heterocycles. The molecule has 26 heavy (non-hydrogen) atoms. The first-order valence-electron chi connectivity index (χ1n) is 8.84. The molecule has 2 aliphatic heterocycles. The molecule has 2 aromatic rings. The number of amides is 1. The topological polar surface area (TPSA) is 73.7 Å². The van der Waals surface area contributed by atoms with Crippen LogP contribution in [0.1, 0.15) is 16.8 Å². The zero-order valence-electron chi connectivity index (χ0n) is 14.6. The number of piperidine rings is 1. The van der Waals surface area contributed by atoms with Crippen LogP contribution in [0.25, 0.3) is 11.3 Å². The Morgan fingerprint density at radius 3 is 2.65 bits per heavy atom. The summed E-state index contributed by atoms with van der Waals surface area (Å²) in [6, 6.07) is 13.1. The second-order valence-corrected chi connectivity index (χ2v) is 7.06. The minimum Gasteiger partial charge on any atom is -0.478 e. The number of pyridine rings is 1. The molecule has 6 nitrogen and oxygen atoms in total. The van der Waals surface area contributed by atoms with E-state index < -0.39 is 5.97 Å². The van der Waals surface area contributed by atoms with Crippen molar-refractivity contribution in [1.29, 1.82) is 0 Å². The lowest BCUT2D eigenvalue weighted by molar-refractivity contribution is -0.137. The summed E-state index contributed by atoms with van der Waals surface area (Å²) in [5.41, 5.74) is 1.87. The third-order valence-electron chi connectivity index (χ3n) is 5.44. The number of benzene rings is 1. The van der Waals surface area contributed by atoms with Gasteiger partial charge in [-0.2, -0.15) is 0 Å². The van der Waals surface area contributed by atoms with Crippen LogP contribution in [-0.4, -0.2) is 53.5 Å². The number of anilines is 1. The Labute approximate surface area is 152 Å². The van der Waals surface area contributed by atoms with Gasteiger partial charge in [-0.15, -0.1) is 0 Å². The molecule has 3 heterocycles. The molecule has 0 aliphatic carbocycles. The summed E-state index contributed by atoms with van der Waals surface area (Å²) in [5, 5.41) is 9.60. The molecular formula is C20H21N3O3. The van der Waals surface area contributed by atoms with Crippen LogP contribution >= 0.6 is 0 Å². The molecule has 0 bridgehead atoms. The molecule has 0 unspecified atom stereocenters. The van der Waals surface area contributed by atoms with Crippen molar-refractivity contribution in [2.45, 2.75) is 6.42 Å². The SMILES string of the molecule is CN1CC[C@@H]2CN(c3nc(-c4ccccc4)ccc3C(=O)O)C[C@@H]2C1=O. The molecule has 134 valence electrons. The van der Waals surface area contributed by atoms with E-state index in [1.165, 1.54) is 0 Å². The van der Waals surface area contributed by atoms with Gasteiger partial charge in [0.25, 0.3) is 0 Å². The van der Waals surface area contributed by atoms with E-state index in [-0.39, 0.29) is 23.3 Å². The highest BCUT2D eigenvalue weighted by Crippen LogP contribution is 2.35. The Balaban J connectivity index is 1.71. The first kappa shape index (κ1) is 16.6. The number of carboxylic acids is 1. The summed E-state index contributed by atoms with van der Waals surface area (Å²) in [4.78, 5) is 32.6. The van der Waals surface area contributed by atoms with Gasteiger partial charge >= 0.3 is 5.97 Å². The average Bonchev–Trinajstić information content (AvgIpc) is 3.10. The minimum absolute atomic E-state index is 0.0717. The van der Waals surface area contributed by atoms with E-state index in [0.29, 0.717) is 18.9 Å². The fourth-order valence-electron chi connectivity index (χ4n) is 4.00. The van der Waals surface area contributed by atoms with Gasteiger partial charge in [0.1, 0.15) is 11.4 Å². The second-order valence-electron chi connectivity index (χ2n) is 7.06. The van der Waals surface area contributed by atoms with Gasteiger partial charge in [0, 0.05) is 32.2 Å². The van der Waals surface area contributed by atoms with Crippen LogP contribution in [0.5, 0.6) is 0 Å². The van der Waals surface area contributed by atoms with Gasteiger partial charge in [-0.3, -0.25) is 4.79 Å². The molecule has 2 saturated heterocycles. The summed E-state index contributed by atoms with van der Waals surface area (Å²) >= 11 is 0. The number of rotatable bonds is 3. The van der Waals surface area contributed by atoms with Crippen molar-refractivity contribution in [1.82, 2.24) is 9.88 Å². The summed E-state index contributed by atoms with van der Waals surface area (Å²) in [6.45, 7) is 1.96. The molecule has 2 fully saturated rings. The van der Waals surface area contributed by atoms with E-state index >= 15 is 0 Å². The van der Waals surface area contributed by atoms with E-state index in [2.05, 4.69) is 4.98 Å². The third kappa shape index (κ3) is 2.81. The quantitative estimate of drug-likeness (QED) is 0.919. The first-order valence-corrected chi connectivity index (χ1v) is 8.84. The lowest BCUT2D eigenvalue weighted by Gasteiger charge is -2.30. The van der Waals surface area contributed by atoms with Gasteiger partial charge in [0.2, 0.25) is 5.91 Å². The van der Waals surface area contributed by atoms with E-state index in [0.717, 1.165) is 24.2 Å². The number of aromatic carboxylic acids is 1. The molecule has 1 aromatic carbocycles. The zero-order chi connectivity index (χ0) is 18.3. The Morgan fingerprint density at radius 1 is 1.15 bits per heavy atom. The van der Waals surface area contributed by atoms with Gasteiger partial charge in [-0.1, -0.05) is 30.3 Å². The molecule has 6 heteroatoms. The fourth-order valence-corrected chi connectivity index (χ4v) is 4.00. The van der Waals surface area contributed by atoms with Crippen LogP contribution < -0.4 is 4.90 Å². The number of carbonyl (C=O) groups is 2. The van der Waals surface area contributed by atoms with E-state index in [4.69, 9.17) is 0 Å². The van der Waals surface area contributed by atoms with Crippen LogP contribution in [0.15, 0.2) is 42.5 Å². The number of carbonyl (C=O) groups excluding carboxylic acids is 1. The standard InChI is InChI=1S/C20H21N3O3/c1-22-10-9-14-11-23(12-16(14)19(22)24)18-15(20(25)26)7-8-17(21-18)13-5-3-2-4-6-13/h2-8,14,16H,9-12H2,1H3,(H,25,26)/t14-,16+/m1/s1. The number of hydrogen-bond donors (Lipinski definition) is 1. The highest BCUT2D eigenvalue weighted by atomic mass is 16.4. The molecule has 0 saturated carbocycles. The van der Waals surface area contributed by atoms with Gasteiger partial charge in [0.15, 0.2) is 0 Å². The number of hydrogen-bond acceptors (Lipinski definition) is 4. The highest BCUT2D eigenvalue weighted by molar-refractivity contribution is 5.94. The molecule has 1 N–H and O–H groups in total. The maximum Gasteiger partial charge on any atom is 0.339 e. The minimum atomic E-state index is -0.995. The summed E-state index contributed by atoms with van der Waals surface area (Å²) < 4.78 is 0. The lowest BCUT2D eigenvalue weighted by atomic mass is 9.88. The van der Waals surface area contributed by atoms with Gasteiger partial charge in [-0.25, -0.2) is 9.78 Å². The Bertz CT molecular complexity index is 853. The van der Waals surface area contributed by atoms with Crippen molar-refractivity contribution in [2.75, 3.05) is 31.6 Å². The van der Waals surface area contributed by atoms with Crippen molar-refractivity contribution >= 4 is 17.7 Å². The Kier molecular flexibility index (Phi) is 4.11. The number of carboxylic acid groups (broad SMARTS) is 1. The second kappa shape index (κ2) is 6.44. The average molecular weight is 351 g/mol. The van der Waals surface area contributed by atoms with Crippen molar-refractivity contribution in [3.63, 3.8) is 0 Å². The molecular weight excluding hydrogens is 330 g/mol.